The van der Waals surface area contributed by atoms with Crippen molar-refractivity contribution in [2.24, 2.45) is 0 Å². The van der Waals surface area contributed by atoms with Gasteiger partial charge in [0.25, 0.3) is 0 Å². The predicted octanol–water partition coefficient (Wildman–Crippen LogP) is 0.978. The lowest BCUT2D eigenvalue weighted by Gasteiger charge is -2.18. The molecule has 0 heterocycles. The quantitative estimate of drug-likeness (QED) is 0.544. The molecule has 0 unspecified atom stereocenters. The summed E-state index contributed by atoms with van der Waals surface area (Å²) >= 11 is 0. The lowest BCUT2D eigenvalue weighted by atomic mass is 10.2. The van der Waals surface area contributed by atoms with Gasteiger partial charge in [-0.2, -0.15) is 0 Å². The van der Waals surface area contributed by atoms with E-state index in [1.54, 1.807) is 0 Å². The molecule has 0 bridgehead atoms. The highest BCUT2D eigenvalue weighted by Gasteiger charge is 2.07. The van der Waals surface area contributed by atoms with E-state index in [1.807, 2.05) is 27.8 Å². The van der Waals surface area contributed by atoms with Crippen molar-refractivity contribution < 1.29 is 4.74 Å². The fourth-order valence-electron chi connectivity index (χ4n) is 0.289. The Kier molecular flexibility index (Phi) is 3.02. The summed E-state index contributed by atoms with van der Waals surface area (Å²) in [7, 11) is 1.87. The van der Waals surface area contributed by atoms with Gasteiger partial charge in [0, 0.05) is 0 Å². The second-order valence-electron chi connectivity index (χ2n) is 2.75. The van der Waals surface area contributed by atoms with Crippen LogP contribution < -0.4 is 5.32 Å². The minimum Gasteiger partial charge on any atom is -0.361 e. The zero-order chi connectivity index (χ0) is 6.62. The monoisotopic (exact) mass is 117 g/mol. The van der Waals surface area contributed by atoms with Crippen LogP contribution in [-0.4, -0.2) is 19.4 Å². The van der Waals surface area contributed by atoms with Gasteiger partial charge in [-0.1, -0.05) is 0 Å². The van der Waals surface area contributed by atoms with Crippen LogP contribution in [0.1, 0.15) is 20.8 Å². The van der Waals surface area contributed by atoms with Gasteiger partial charge in [0.1, 0.15) is 0 Å². The third-order valence-corrected chi connectivity index (χ3v) is 0.650. The van der Waals surface area contributed by atoms with Crippen LogP contribution in [0.5, 0.6) is 0 Å². The van der Waals surface area contributed by atoms with Crippen LogP contribution in [0.2, 0.25) is 0 Å². The van der Waals surface area contributed by atoms with E-state index in [0.717, 1.165) is 0 Å². The van der Waals surface area contributed by atoms with Crippen LogP contribution in [0.4, 0.5) is 0 Å². The molecular weight excluding hydrogens is 102 g/mol. The van der Waals surface area contributed by atoms with E-state index < -0.39 is 0 Å². The summed E-state index contributed by atoms with van der Waals surface area (Å²) in [5.74, 6) is 0. The van der Waals surface area contributed by atoms with Gasteiger partial charge in [-0.25, -0.2) is 0 Å². The average molecular weight is 117 g/mol. The Labute approximate surface area is 51.2 Å². The average Bonchev–Trinajstić information content (AvgIpc) is 1.59. The van der Waals surface area contributed by atoms with E-state index in [9.17, 15) is 0 Å². The maximum atomic E-state index is 5.27. The van der Waals surface area contributed by atoms with Crippen molar-refractivity contribution in [1.82, 2.24) is 5.32 Å². The molecule has 0 aromatic heterocycles. The van der Waals surface area contributed by atoms with Gasteiger partial charge in [-0.15, -0.1) is 0 Å². The van der Waals surface area contributed by atoms with E-state index in [4.69, 9.17) is 4.74 Å². The molecule has 0 aromatic rings. The highest BCUT2D eigenvalue weighted by atomic mass is 16.5. The summed E-state index contributed by atoms with van der Waals surface area (Å²) < 4.78 is 5.27. The molecule has 0 atom stereocenters. The molecule has 0 aromatic carbocycles. The first-order valence-electron chi connectivity index (χ1n) is 2.85. The zero-order valence-corrected chi connectivity index (χ0v) is 6.12. The van der Waals surface area contributed by atoms with Crippen LogP contribution in [0.15, 0.2) is 0 Å². The molecule has 0 spiro atoms. The molecule has 2 heteroatoms. The molecule has 8 heavy (non-hydrogen) atoms. The lowest BCUT2D eigenvalue weighted by molar-refractivity contribution is -0.0104. The maximum Gasteiger partial charge on any atom is 0.0969 e. The number of hydrogen-bond acceptors (Lipinski definition) is 2. The fraction of sp³-hybridized carbons (Fsp3) is 1.00. The van der Waals surface area contributed by atoms with Gasteiger partial charge >= 0.3 is 0 Å². The van der Waals surface area contributed by atoms with Crippen LogP contribution >= 0.6 is 0 Å². The zero-order valence-electron chi connectivity index (χ0n) is 6.12. The Morgan fingerprint density at radius 3 is 2.00 bits per heavy atom. The fourth-order valence-corrected chi connectivity index (χ4v) is 0.289. The van der Waals surface area contributed by atoms with Crippen molar-refractivity contribution in [3.8, 4) is 0 Å². The Hall–Kier alpha value is -0.0800. The van der Waals surface area contributed by atoms with E-state index in [0.29, 0.717) is 6.73 Å². The molecular formula is C6H15NO. The summed E-state index contributed by atoms with van der Waals surface area (Å²) in [5, 5.41) is 2.90. The Morgan fingerprint density at radius 2 is 1.88 bits per heavy atom. The summed E-state index contributed by atoms with van der Waals surface area (Å²) in [6, 6.07) is 0. The van der Waals surface area contributed by atoms with E-state index in [-0.39, 0.29) is 5.60 Å². The van der Waals surface area contributed by atoms with Gasteiger partial charge in [-0.05, 0) is 27.8 Å². The summed E-state index contributed by atoms with van der Waals surface area (Å²) in [6.45, 7) is 6.72. The largest absolute Gasteiger partial charge is 0.361 e. The van der Waals surface area contributed by atoms with E-state index in [1.165, 1.54) is 0 Å². The topological polar surface area (TPSA) is 21.3 Å². The molecule has 1 N–H and O–H groups in total. The number of nitrogens with one attached hydrogen (secondary N) is 1. The second-order valence-corrected chi connectivity index (χ2v) is 2.75. The van der Waals surface area contributed by atoms with Crippen LogP contribution in [0.25, 0.3) is 0 Å². The Morgan fingerprint density at radius 1 is 1.38 bits per heavy atom. The highest BCUT2D eigenvalue weighted by Crippen LogP contribution is 2.03. The standard InChI is InChI=1S/C6H15NO/c1-6(2,3)8-5-7-4/h7H,5H2,1-4H3. The molecule has 0 radical (unpaired) electrons. The van der Waals surface area contributed by atoms with Crippen molar-refractivity contribution in [1.29, 1.82) is 0 Å². The maximum absolute atomic E-state index is 5.27. The normalized spacial score (nSPS) is 12.0. The molecule has 0 aliphatic rings. The van der Waals surface area contributed by atoms with Gasteiger partial charge in [0.05, 0.1) is 12.3 Å². The van der Waals surface area contributed by atoms with Crippen LogP contribution in [-0.2, 0) is 4.74 Å². The minimum atomic E-state index is -0.0109. The first-order valence-corrected chi connectivity index (χ1v) is 2.85. The van der Waals surface area contributed by atoms with Crippen molar-refractivity contribution in [2.45, 2.75) is 26.4 Å². The first kappa shape index (κ1) is 7.92. The van der Waals surface area contributed by atoms with Crippen molar-refractivity contribution in [3.05, 3.63) is 0 Å². The molecule has 0 aliphatic heterocycles. The molecule has 2 nitrogen and oxygen atoms in total. The van der Waals surface area contributed by atoms with E-state index >= 15 is 0 Å². The van der Waals surface area contributed by atoms with E-state index in [2.05, 4.69) is 5.32 Å². The van der Waals surface area contributed by atoms with Crippen LogP contribution in [0.3, 0.4) is 0 Å². The predicted molar refractivity (Wildman–Crippen MR) is 34.8 cm³/mol. The SMILES string of the molecule is CNCOC(C)(C)C. The van der Waals surface area contributed by atoms with Gasteiger partial charge in [0.2, 0.25) is 0 Å². The summed E-state index contributed by atoms with van der Waals surface area (Å²) in [4.78, 5) is 0. The molecule has 0 saturated carbocycles. The lowest BCUT2D eigenvalue weighted by Crippen LogP contribution is -2.25. The van der Waals surface area contributed by atoms with Crippen molar-refractivity contribution in [2.75, 3.05) is 13.8 Å². The molecule has 0 amide bonds. The molecule has 0 aliphatic carbocycles. The number of hydrogen-bond donors (Lipinski definition) is 1. The molecule has 0 fully saturated rings. The van der Waals surface area contributed by atoms with Crippen molar-refractivity contribution in [3.63, 3.8) is 0 Å². The van der Waals surface area contributed by atoms with Gasteiger partial charge in [-0.3, -0.25) is 5.32 Å². The summed E-state index contributed by atoms with van der Waals surface area (Å²) in [6.07, 6.45) is 0. The molecule has 0 saturated heterocycles. The third-order valence-electron chi connectivity index (χ3n) is 0.650. The minimum absolute atomic E-state index is 0.0109. The smallest absolute Gasteiger partial charge is 0.0969 e. The third kappa shape index (κ3) is 5.92. The molecule has 50 valence electrons. The molecule has 0 rings (SSSR count). The van der Waals surface area contributed by atoms with Crippen molar-refractivity contribution >= 4 is 0 Å². The van der Waals surface area contributed by atoms with Gasteiger partial charge < -0.3 is 4.74 Å². The number of rotatable bonds is 2. The van der Waals surface area contributed by atoms with Gasteiger partial charge in [0.15, 0.2) is 0 Å². The highest BCUT2D eigenvalue weighted by molar-refractivity contribution is 4.56. The summed E-state index contributed by atoms with van der Waals surface area (Å²) in [5.41, 5.74) is -0.0109. The van der Waals surface area contributed by atoms with Crippen LogP contribution in [0, 0.1) is 0 Å². The Balaban J connectivity index is 3.11. The first-order chi connectivity index (χ1) is 3.56. The second kappa shape index (κ2) is 3.05. The number of ether oxygens (including phenoxy) is 1. The Bertz CT molecular complexity index is 56.0.